The first-order valence-electron chi connectivity index (χ1n) is 8.53. The summed E-state index contributed by atoms with van der Waals surface area (Å²) in [7, 11) is 0. The van der Waals surface area contributed by atoms with E-state index in [4.69, 9.17) is 15.2 Å². The number of rotatable bonds is 7. The predicted molar refractivity (Wildman–Crippen MR) is 102 cm³/mol. The summed E-state index contributed by atoms with van der Waals surface area (Å²) in [5.74, 6) is 1.72. The molecule has 3 rings (SSSR count). The van der Waals surface area contributed by atoms with Crippen molar-refractivity contribution in [2.45, 2.75) is 20.1 Å². The molecule has 3 heteroatoms. The molecule has 0 aliphatic heterocycles. The molecule has 0 saturated carbocycles. The molecule has 3 aromatic carbocycles. The Hall–Kier alpha value is -2.78. The molecule has 0 radical (unpaired) electrons. The van der Waals surface area contributed by atoms with Gasteiger partial charge in [0.1, 0.15) is 18.1 Å². The van der Waals surface area contributed by atoms with Gasteiger partial charge in [-0.3, -0.25) is 0 Å². The van der Waals surface area contributed by atoms with Crippen LogP contribution in [0.1, 0.15) is 18.1 Å². The third kappa shape index (κ3) is 4.40. The highest BCUT2D eigenvalue weighted by Crippen LogP contribution is 2.28. The molecule has 0 saturated heterocycles. The van der Waals surface area contributed by atoms with E-state index in [-0.39, 0.29) is 0 Å². The third-order valence-electron chi connectivity index (χ3n) is 4.02. The monoisotopic (exact) mass is 333 g/mol. The van der Waals surface area contributed by atoms with Crippen molar-refractivity contribution in [1.82, 2.24) is 0 Å². The molecule has 0 atom stereocenters. The zero-order valence-corrected chi connectivity index (χ0v) is 14.4. The van der Waals surface area contributed by atoms with Gasteiger partial charge in [-0.05, 0) is 47.9 Å². The summed E-state index contributed by atoms with van der Waals surface area (Å²) in [5.41, 5.74) is 10.3. The second-order valence-electron chi connectivity index (χ2n) is 5.76. The summed E-state index contributed by atoms with van der Waals surface area (Å²) in [5, 5.41) is 0. The van der Waals surface area contributed by atoms with Crippen LogP contribution in [0.15, 0.2) is 72.8 Å². The minimum absolute atomic E-state index is 0.439. The standard InChI is InChI=1S/C22H23NO2/c1-2-24-21-11-8-18(9-12-21)19-10-13-22(20(14-19)15-23)25-16-17-6-4-3-5-7-17/h3-14H,2,15-16,23H2,1H3. The lowest BCUT2D eigenvalue weighted by molar-refractivity contribution is 0.303. The van der Waals surface area contributed by atoms with Gasteiger partial charge in [0.05, 0.1) is 6.61 Å². The van der Waals surface area contributed by atoms with E-state index in [1.165, 1.54) is 0 Å². The summed E-state index contributed by atoms with van der Waals surface area (Å²) in [6.07, 6.45) is 0. The quantitative estimate of drug-likeness (QED) is 0.676. The van der Waals surface area contributed by atoms with E-state index in [0.29, 0.717) is 19.8 Å². The van der Waals surface area contributed by atoms with E-state index < -0.39 is 0 Å². The van der Waals surface area contributed by atoms with Crippen LogP contribution >= 0.6 is 0 Å². The smallest absolute Gasteiger partial charge is 0.124 e. The fraction of sp³-hybridized carbons (Fsp3) is 0.182. The van der Waals surface area contributed by atoms with Crippen LogP contribution in [0.2, 0.25) is 0 Å². The highest BCUT2D eigenvalue weighted by atomic mass is 16.5. The van der Waals surface area contributed by atoms with Crippen molar-refractivity contribution in [3.8, 4) is 22.6 Å². The third-order valence-corrected chi connectivity index (χ3v) is 4.02. The van der Waals surface area contributed by atoms with Crippen LogP contribution in [0.5, 0.6) is 11.5 Å². The van der Waals surface area contributed by atoms with E-state index in [1.54, 1.807) is 0 Å². The molecule has 0 spiro atoms. The summed E-state index contributed by atoms with van der Waals surface area (Å²) in [6, 6.07) is 24.4. The van der Waals surface area contributed by atoms with Crippen molar-refractivity contribution in [2.75, 3.05) is 6.61 Å². The maximum Gasteiger partial charge on any atom is 0.124 e. The zero-order valence-electron chi connectivity index (χ0n) is 14.4. The lowest BCUT2D eigenvalue weighted by Gasteiger charge is -2.13. The van der Waals surface area contributed by atoms with Crippen LogP contribution in [-0.2, 0) is 13.2 Å². The fourth-order valence-corrected chi connectivity index (χ4v) is 2.70. The molecule has 0 aliphatic rings. The number of nitrogens with two attached hydrogens (primary N) is 1. The van der Waals surface area contributed by atoms with Crippen LogP contribution in [-0.4, -0.2) is 6.61 Å². The first kappa shape index (κ1) is 17.1. The van der Waals surface area contributed by atoms with E-state index >= 15 is 0 Å². The molecule has 25 heavy (non-hydrogen) atoms. The van der Waals surface area contributed by atoms with Crippen LogP contribution in [0, 0.1) is 0 Å². The summed E-state index contributed by atoms with van der Waals surface area (Å²) >= 11 is 0. The Morgan fingerprint density at radius 3 is 2.20 bits per heavy atom. The molecule has 0 aromatic heterocycles. The van der Waals surface area contributed by atoms with E-state index in [0.717, 1.165) is 33.8 Å². The number of benzene rings is 3. The van der Waals surface area contributed by atoms with Gasteiger partial charge in [-0.15, -0.1) is 0 Å². The van der Waals surface area contributed by atoms with Gasteiger partial charge in [-0.1, -0.05) is 48.5 Å². The Morgan fingerprint density at radius 1 is 0.800 bits per heavy atom. The lowest BCUT2D eigenvalue weighted by atomic mass is 10.0. The van der Waals surface area contributed by atoms with Gasteiger partial charge in [-0.2, -0.15) is 0 Å². The zero-order chi connectivity index (χ0) is 17.5. The van der Waals surface area contributed by atoms with E-state index in [9.17, 15) is 0 Å². The Bertz CT molecular complexity index is 798. The maximum absolute atomic E-state index is 5.96. The summed E-state index contributed by atoms with van der Waals surface area (Å²) < 4.78 is 11.5. The Labute approximate surface area is 149 Å². The summed E-state index contributed by atoms with van der Waals surface area (Å²) in [6.45, 7) is 3.63. The van der Waals surface area contributed by atoms with Crippen LogP contribution < -0.4 is 15.2 Å². The second kappa shape index (κ2) is 8.36. The van der Waals surface area contributed by atoms with Crippen molar-refractivity contribution in [3.05, 3.63) is 83.9 Å². The van der Waals surface area contributed by atoms with Gasteiger partial charge < -0.3 is 15.2 Å². The molecule has 0 aliphatic carbocycles. The van der Waals surface area contributed by atoms with Gasteiger partial charge >= 0.3 is 0 Å². The Morgan fingerprint density at radius 2 is 1.52 bits per heavy atom. The SMILES string of the molecule is CCOc1ccc(-c2ccc(OCc3ccccc3)c(CN)c2)cc1. The fourth-order valence-electron chi connectivity index (χ4n) is 2.70. The first-order valence-corrected chi connectivity index (χ1v) is 8.53. The largest absolute Gasteiger partial charge is 0.494 e. The average molecular weight is 333 g/mol. The van der Waals surface area contributed by atoms with Crippen LogP contribution in [0.25, 0.3) is 11.1 Å². The molecule has 0 bridgehead atoms. The molecule has 128 valence electrons. The Kier molecular flexibility index (Phi) is 5.70. The van der Waals surface area contributed by atoms with Gasteiger partial charge in [0.15, 0.2) is 0 Å². The van der Waals surface area contributed by atoms with Gasteiger partial charge in [-0.25, -0.2) is 0 Å². The first-order chi connectivity index (χ1) is 12.3. The van der Waals surface area contributed by atoms with Crippen LogP contribution in [0.4, 0.5) is 0 Å². The topological polar surface area (TPSA) is 44.5 Å². The van der Waals surface area contributed by atoms with Crippen molar-refractivity contribution < 1.29 is 9.47 Å². The predicted octanol–water partition coefficient (Wildman–Crippen LogP) is 4.79. The second-order valence-corrected chi connectivity index (χ2v) is 5.76. The molecule has 0 heterocycles. The minimum atomic E-state index is 0.439. The highest BCUT2D eigenvalue weighted by Gasteiger charge is 2.06. The molecular formula is C22H23NO2. The van der Waals surface area contributed by atoms with Gasteiger partial charge in [0.2, 0.25) is 0 Å². The van der Waals surface area contributed by atoms with Crippen molar-refractivity contribution in [3.63, 3.8) is 0 Å². The van der Waals surface area contributed by atoms with Crippen molar-refractivity contribution >= 4 is 0 Å². The molecular weight excluding hydrogens is 310 g/mol. The Balaban J connectivity index is 1.76. The number of hydrogen-bond acceptors (Lipinski definition) is 3. The van der Waals surface area contributed by atoms with Crippen molar-refractivity contribution in [1.29, 1.82) is 0 Å². The van der Waals surface area contributed by atoms with Gasteiger partial charge in [0, 0.05) is 12.1 Å². The normalized spacial score (nSPS) is 10.5. The lowest BCUT2D eigenvalue weighted by Crippen LogP contribution is -2.03. The highest BCUT2D eigenvalue weighted by molar-refractivity contribution is 5.66. The average Bonchev–Trinajstić information content (AvgIpc) is 2.68. The van der Waals surface area contributed by atoms with E-state index in [1.807, 2.05) is 43.3 Å². The molecule has 0 amide bonds. The maximum atomic E-state index is 5.96. The molecule has 0 unspecified atom stereocenters. The van der Waals surface area contributed by atoms with E-state index in [2.05, 4.69) is 36.4 Å². The van der Waals surface area contributed by atoms with Crippen LogP contribution in [0.3, 0.4) is 0 Å². The van der Waals surface area contributed by atoms with Gasteiger partial charge in [0.25, 0.3) is 0 Å². The molecule has 3 nitrogen and oxygen atoms in total. The van der Waals surface area contributed by atoms with Crippen molar-refractivity contribution in [2.24, 2.45) is 5.73 Å². The number of ether oxygens (including phenoxy) is 2. The molecule has 3 aromatic rings. The molecule has 0 fully saturated rings. The molecule has 2 N–H and O–H groups in total. The summed E-state index contributed by atoms with van der Waals surface area (Å²) in [4.78, 5) is 0. The number of hydrogen-bond donors (Lipinski definition) is 1. The minimum Gasteiger partial charge on any atom is -0.494 e.